The molecule has 0 saturated carbocycles. The smallest absolute Gasteiger partial charge is 0.254 e. The molecule has 0 spiro atoms. The lowest BCUT2D eigenvalue weighted by molar-refractivity contribution is 0.0785. The largest absolute Gasteiger partial charge is 0.399 e. The van der Waals surface area contributed by atoms with Gasteiger partial charge in [0.2, 0.25) is 0 Å². The second-order valence-corrected chi connectivity index (χ2v) is 4.73. The first-order valence-electron chi connectivity index (χ1n) is 5.76. The molecule has 1 amide bonds. The van der Waals surface area contributed by atoms with Gasteiger partial charge in [0, 0.05) is 42.3 Å². The maximum absolute atomic E-state index is 12.2. The summed E-state index contributed by atoms with van der Waals surface area (Å²) in [6.07, 6.45) is 3.43. The zero-order valence-electron chi connectivity index (χ0n) is 10.5. The van der Waals surface area contributed by atoms with Crippen LogP contribution in [0, 0.1) is 0 Å². The van der Waals surface area contributed by atoms with Crippen LogP contribution >= 0.6 is 11.6 Å². The molecule has 5 heteroatoms. The number of hydrogen-bond acceptors (Lipinski definition) is 3. The van der Waals surface area contributed by atoms with Crippen LogP contribution in [0.4, 0.5) is 5.69 Å². The summed E-state index contributed by atoms with van der Waals surface area (Å²) in [6.45, 7) is 0.485. The van der Waals surface area contributed by atoms with Crippen LogP contribution in [0.1, 0.15) is 15.9 Å². The molecule has 98 valence electrons. The minimum absolute atomic E-state index is 0.127. The van der Waals surface area contributed by atoms with Crippen molar-refractivity contribution in [1.29, 1.82) is 0 Å². The minimum Gasteiger partial charge on any atom is -0.399 e. The average molecular weight is 276 g/mol. The van der Waals surface area contributed by atoms with E-state index in [2.05, 4.69) is 4.98 Å². The van der Waals surface area contributed by atoms with E-state index in [-0.39, 0.29) is 5.91 Å². The Hall–Kier alpha value is -2.07. The Bertz CT molecular complexity index is 566. The molecule has 2 N–H and O–H groups in total. The Balaban J connectivity index is 2.15. The van der Waals surface area contributed by atoms with Crippen LogP contribution in [-0.2, 0) is 6.54 Å². The molecule has 0 atom stereocenters. The first-order valence-corrected chi connectivity index (χ1v) is 6.14. The third-order valence-corrected chi connectivity index (χ3v) is 2.87. The van der Waals surface area contributed by atoms with Crippen molar-refractivity contribution >= 4 is 23.2 Å². The SMILES string of the molecule is CN(Cc1cccnc1)C(=O)c1cc(N)cc(Cl)c1. The summed E-state index contributed by atoms with van der Waals surface area (Å²) in [7, 11) is 1.73. The van der Waals surface area contributed by atoms with E-state index in [0.29, 0.717) is 22.8 Å². The van der Waals surface area contributed by atoms with Crippen LogP contribution in [0.5, 0.6) is 0 Å². The Labute approximate surface area is 116 Å². The highest BCUT2D eigenvalue weighted by molar-refractivity contribution is 6.31. The molecule has 0 aliphatic rings. The number of benzene rings is 1. The Morgan fingerprint density at radius 2 is 2.21 bits per heavy atom. The maximum atomic E-state index is 12.2. The highest BCUT2D eigenvalue weighted by Crippen LogP contribution is 2.18. The number of hydrogen-bond donors (Lipinski definition) is 1. The van der Waals surface area contributed by atoms with Crippen LogP contribution < -0.4 is 5.73 Å². The summed E-state index contributed by atoms with van der Waals surface area (Å²) >= 11 is 5.90. The third-order valence-electron chi connectivity index (χ3n) is 2.66. The summed E-state index contributed by atoms with van der Waals surface area (Å²) in [5.41, 5.74) is 7.61. The van der Waals surface area contributed by atoms with Crippen LogP contribution in [0.2, 0.25) is 5.02 Å². The van der Waals surface area contributed by atoms with Gasteiger partial charge < -0.3 is 10.6 Å². The van der Waals surface area contributed by atoms with E-state index >= 15 is 0 Å². The zero-order chi connectivity index (χ0) is 13.8. The van der Waals surface area contributed by atoms with E-state index in [4.69, 9.17) is 17.3 Å². The lowest BCUT2D eigenvalue weighted by Crippen LogP contribution is -2.26. The van der Waals surface area contributed by atoms with Crippen molar-refractivity contribution in [2.24, 2.45) is 0 Å². The fourth-order valence-corrected chi connectivity index (χ4v) is 2.04. The molecule has 2 aromatic rings. The minimum atomic E-state index is -0.127. The van der Waals surface area contributed by atoms with Gasteiger partial charge in [0.25, 0.3) is 5.91 Å². The van der Waals surface area contributed by atoms with Gasteiger partial charge in [-0.05, 0) is 29.8 Å². The Morgan fingerprint density at radius 1 is 1.42 bits per heavy atom. The number of pyridine rings is 1. The number of carbonyl (C=O) groups excluding carboxylic acids is 1. The lowest BCUT2D eigenvalue weighted by atomic mass is 10.1. The molecule has 0 bridgehead atoms. The van der Waals surface area contributed by atoms with Crippen LogP contribution in [0.25, 0.3) is 0 Å². The molecular formula is C14H14ClN3O. The van der Waals surface area contributed by atoms with Gasteiger partial charge in [-0.2, -0.15) is 0 Å². The van der Waals surface area contributed by atoms with Crippen molar-refractivity contribution in [3.8, 4) is 0 Å². The van der Waals surface area contributed by atoms with E-state index in [1.165, 1.54) is 0 Å². The lowest BCUT2D eigenvalue weighted by Gasteiger charge is -2.17. The number of halogens is 1. The number of amides is 1. The van der Waals surface area contributed by atoms with Gasteiger partial charge in [-0.1, -0.05) is 17.7 Å². The number of nitrogens with two attached hydrogens (primary N) is 1. The Morgan fingerprint density at radius 3 is 2.84 bits per heavy atom. The molecule has 0 fully saturated rings. The van der Waals surface area contributed by atoms with Gasteiger partial charge in [-0.15, -0.1) is 0 Å². The topological polar surface area (TPSA) is 59.2 Å². The number of nitrogens with zero attached hydrogens (tertiary/aromatic N) is 2. The van der Waals surface area contributed by atoms with Crippen molar-refractivity contribution in [1.82, 2.24) is 9.88 Å². The summed E-state index contributed by atoms with van der Waals surface area (Å²) < 4.78 is 0. The van der Waals surface area contributed by atoms with Gasteiger partial charge in [-0.3, -0.25) is 9.78 Å². The highest BCUT2D eigenvalue weighted by Gasteiger charge is 2.13. The van der Waals surface area contributed by atoms with Crippen molar-refractivity contribution in [3.63, 3.8) is 0 Å². The van der Waals surface area contributed by atoms with Gasteiger partial charge in [-0.25, -0.2) is 0 Å². The fourth-order valence-electron chi connectivity index (χ4n) is 1.79. The first kappa shape index (κ1) is 13.4. The molecule has 1 heterocycles. The third kappa shape index (κ3) is 3.45. The number of nitrogen functional groups attached to an aromatic ring is 1. The van der Waals surface area contributed by atoms with E-state index in [0.717, 1.165) is 5.56 Å². The molecule has 19 heavy (non-hydrogen) atoms. The molecule has 1 aromatic carbocycles. The van der Waals surface area contributed by atoms with E-state index in [1.54, 1.807) is 42.5 Å². The quantitative estimate of drug-likeness (QED) is 0.876. The number of anilines is 1. The number of rotatable bonds is 3. The number of aromatic nitrogens is 1. The van der Waals surface area contributed by atoms with Crippen molar-refractivity contribution < 1.29 is 4.79 Å². The standard InChI is InChI=1S/C14H14ClN3O/c1-18(9-10-3-2-4-17-8-10)14(19)11-5-12(15)7-13(16)6-11/h2-8H,9,16H2,1H3. The summed E-state index contributed by atoms with van der Waals surface area (Å²) in [5, 5.41) is 0.457. The second-order valence-electron chi connectivity index (χ2n) is 4.30. The molecule has 2 rings (SSSR count). The average Bonchev–Trinajstić information content (AvgIpc) is 2.37. The normalized spacial score (nSPS) is 10.2. The fraction of sp³-hybridized carbons (Fsp3) is 0.143. The maximum Gasteiger partial charge on any atom is 0.254 e. The van der Waals surface area contributed by atoms with Crippen LogP contribution in [-0.4, -0.2) is 22.8 Å². The molecule has 0 radical (unpaired) electrons. The molecule has 4 nitrogen and oxygen atoms in total. The van der Waals surface area contributed by atoms with E-state index in [1.807, 2.05) is 12.1 Å². The molecule has 0 aliphatic carbocycles. The molecule has 0 unspecified atom stereocenters. The number of carbonyl (C=O) groups is 1. The predicted molar refractivity (Wildman–Crippen MR) is 75.9 cm³/mol. The van der Waals surface area contributed by atoms with Gasteiger partial charge in [0.15, 0.2) is 0 Å². The van der Waals surface area contributed by atoms with Gasteiger partial charge in [0.05, 0.1) is 0 Å². The van der Waals surface area contributed by atoms with Crippen molar-refractivity contribution in [3.05, 3.63) is 58.9 Å². The van der Waals surface area contributed by atoms with Crippen molar-refractivity contribution in [2.45, 2.75) is 6.54 Å². The molecular weight excluding hydrogens is 262 g/mol. The summed E-state index contributed by atoms with van der Waals surface area (Å²) in [4.78, 5) is 17.9. The van der Waals surface area contributed by atoms with Gasteiger partial charge >= 0.3 is 0 Å². The van der Waals surface area contributed by atoms with Gasteiger partial charge in [0.1, 0.15) is 0 Å². The van der Waals surface area contributed by atoms with Crippen LogP contribution in [0.3, 0.4) is 0 Å². The highest BCUT2D eigenvalue weighted by atomic mass is 35.5. The monoisotopic (exact) mass is 275 g/mol. The second kappa shape index (κ2) is 5.71. The summed E-state index contributed by atoms with van der Waals surface area (Å²) in [5.74, 6) is -0.127. The Kier molecular flexibility index (Phi) is 4.02. The van der Waals surface area contributed by atoms with E-state index < -0.39 is 0 Å². The van der Waals surface area contributed by atoms with Crippen molar-refractivity contribution in [2.75, 3.05) is 12.8 Å². The summed E-state index contributed by atoms with van der Waals surface area (Å²) in [6, 6.07) is 8.60. The molecule has 0 aliphatic heterocycles. The molecule has 0 saturated heterocycles. The zero-order valence-corrected chi connectivity index (χ0v) is 11.3. The molecule has 1 aromatic heterocycles. The predicted octanol–water partition coefficient (Wildman–Crippen LogP) is 2.59. The van der Waals surface area contributed by atoms with E-state index in [9.17, 15) is 4.79 Å². The first-order chi connectivity index (χ1) is 9.06. The van der Waals surface area contributed by atoms with Crippen LogP contribution in [0.15, 0.2) is 42.7 Å².